The molecule has 134 valence electrons. The first-order valence-corrected chi connectivity index (χ1v) is 10.0. The van der Waals surface area contributed by atoms with Crippen LogP contribution in [0, 0.1) is 0 Å². The van der Waals surface area contributed by atoms with Crippen LogP contribution in [0.25, 0.3) is 0 Å². The zero-order valence-corrected chi connectivity index (χ0v) is 16.0. The van der Waals surface area contributed by atoms with Crippen molar-refractivity contribution in [2.45, 2.75) is 12.8 Å². The summed E-state index contributed by atoms with van der Waals surface area (Å²) in [6.45, 7) is 1.39. The topological polar surface area (TPSA) is 43.9 Å². The van der Waals surface area contributed by atoms with Gasteiger partial charge < -0.3 is 4.90 Å². The largest absolute Gasteiger partial charge is 0.331 e. The Morgan fingerprint density at radius 2 is 1.52 bits per heavy atom. The van der Waals surface area contributed by atoms with E-state index in [9.17, 15) is 8.42 Å². The molecule has 2 aromatic carbocycles. The van der Waals surface area contributed by atoms with Gasteiger partial charge in [0, 0.05) is 6.54 Å². The predicted octanol–water partition coefficient (Wildman–Crippen LogP) is 3.88. The van der Waals surface area contributed by atoms with Crippen LogP contribution in [-0.4, -0.2) is 40.5 Å². The molecule has 0 fully saturated rings. The Kier molecular flexibility index (Phi) is 5.22. The van der Waals surface area contributed by atoms with E-state index in [2.05, 4.69) is 4.90 Å². The molecule has 0 bridgehead atoms. The molecule has 0 N–H and O–H groups in total. The summed E-state index contributed by atoms with van der Waals surface area (Å²) in [5.41, 5.74) is 1.82. The van der Waals surface area contributed by atoms with Gasteiger partial charge in [-0.15, -0.1) is 0 Å². The standard InChI is InChI=1S/C18H22ClN3O2S/c1-20(2)13-7-8-14-21-17-11-5-6-12-18(17)22(25(21,23)24)16-10-4-3-9-15(16)19/h3-6,9-12H,7-8,13-14H2,1-2H3. The molecule has 0 atom stereocenters. The number of rotatable bonds is 6. The van der Waals surface area contributed by atoms with Crippen molar-refractivity contribution >= 4 is 38.9 Å². The van der Waals surface area contributed by atoms with Gasteiger partial charge >= 0.3 is 10.2 Å². The number of benzene rings is 2. The van der Waals surface area contributed by atoms with Crippen molar-refractivity contribution < 1.29 is 8.42 Å². The first-order valence-electron chi connectivity index (χ1n) is 8.24. The Hall–Kier alpha value is -1.76. The number of hydrogen-bond acceptors (Lipinski definition) is 3. The zero-order chi connectivity index (χ0) is 18.0. The SMILES string of the molecule is CN(C)CCCCN1c2ccccc2N(c2ccccc2Cl)S1(=O)=O. The fourth-order valence-electron chi connectivity index (χ4n) is 2.98. The lowest BCUT2D eigenvalue weighted by Crippen LogP contribution is -2.36. The lowest BCUT2D eigenvalue weighted by Gasteiger charge is -2.22. The molecule has 0 unspecified atom stereocenters. The highest BCUT2D eigenvalue weighted by Crippen LogP contribution is 2.46. The molecule has 5 nitrogen and oxygen atoms in total. The fraction of sp³-hybridized carbons (Fsp3) is 0.333. The molecule has 3 rings (SSSR count). The third-order valence-corrected chi connectivity index (χ3v) is 6.28. The number of fused-ring (bicyclic) bond motifs is 1. The first-order chi connectivity index (χ1) is 11.9. The first kappa shape index (κ1) is 18.0. The van der Waals surface area contributed by atoms with Crippen LogP contribution in [0.1, 0.15) is 12.8 Å². The van der Waals surface area contributed by atoms with E-state index in [0.29, 0.717) is 28.6 Å². The molecule has 0 amide bonds. The third-order valence-electron chi connectivity index (χ3n) is 4.17. The van der Waals surface area contributed by atoms with Crippen molar-refractivity contribution in [1.82, 2.24) is 4.90 Å². The van der Waals surface area contributed by atoms with Gasteiger partial charge in [0.1, 0.15) is 0 Å². The lowest BCUT2D eigenvalue weighted by molar-refractivity contribution is 0.396. The van der Waals surface area contributed by atoms with Gasteiger partial charge in [0.15, 0.2) is 0 Å². The van der Waals surface area contributed by atoms with Gasteiger partial charge in [-0.05, 0) is 57.7 Å². The normalized spacial score (nSPS) is 15.7. The van der Waals surface area contributed by atoms with Gasteiger partial charge in [-0.1, -0.05) is 35.9 Å². The highest BCUT2D eigenvalue weighted by Gasteiger charge is 2.41. The van der Waals surface area contributed by atoms with E-state index >= 15 is 0 Å². The van der Waals surface area contributed by atoms with Gasteiger partial charge in [0.2, 0.25) is 0 Å². The van der Waals surface area contributed by atoms with E-state index in [1.807, 2.05) is 38.4 Å². The van der Waals surface area contributed by atoms with Crippen LogP contribution in [0.5, 0.6) is 0 Å². The molecule has 7 heteroatoms. The van der Waals surface area contributed by atoms with Crippen LogP contribution in [0.4, 0.5) is 17.1 Å². The van der Waals surface area contributed by atoms with Crippen molar-refractivity contribution in [2.75, 3.05) is 35.8 Å². The number of unbranched alkanes of at least 4 members (excludes halogenated alkanes) is 1. The van der Waals surface area contributed by atoms with Gasteiger partial charge in [-0.2, -0.15) is 8.42 Å². The quantitative estimate of drug-likeness (QED) is 0.715. The maximum atomic E-state index is 13.2. The van der Waals surface area contributed by atoms with Gasteiger partial charge in [0.25, 0.3) is 0 Å². The average molecular weight is 380 g/mol. The average Bonchev–Trinajstić information content (AvgIpc) is 2.79. The molecule has 0 aromatic heterocycles. The Bertz CT molecular complexity index is 855. The highest BCUT2D eigenvalue weighted by atomic mass is 35.5. The van der Waals surface area contributed by atoms with E-state index in [4.69, 9.17) is 11.6 Å². The third kappa shape index (κ3) is 3.47. The van der Waals surface area contributed by atoms with Gasteiger partial charge in [-0.25, -0.2) is 4.31 Å². The van der Waals surface area contributed by atoms with E-state index in [-0.39, 0.29) is 0 Å². The molecular formula is C18H22ClN3O2S. The number of anilines is 3. The Labute approximate surface area is 154 Å². The summed E-state index contributed by atoms with van der Waals surface area (Å²) in [6.07, 6.45) is 1.73. The number of halogens is 1. The van der Waals surface area contributed by atoms with Crippen molar-refractivity contribution in [3.05, 3.63) is 53.6 Å². The molecule has 0 aliphatic carbocycles. The lowest BCUT2D eigenvalue weighted by atomic mass is 10.2. The summed E-state index contributed by atoms with van der Waals surface area (Å²) < 4.78 is 29.3. The number of hydrogen-bond donors (Lipinski definition) is 0. The van der Waals surface area contributed by atoms with Gasteiger partial charge in [0.05, 0.1) is 22.1 Å². The van der Waals surface area contributed by atoms with E-state index < -0.39 is 10.2 Å². The smallest absolute Gasteiger partial charge is 0.309 e. The van der Waals surface area contributed by atoms with Crippen LogP contribution >= 0.6 is 11.6 Å². The molecule has 1 aliphatic rings. The molecule has 1 heterocycles. The van der Waals surface area contributed by atoms with Crippen LogP contribution in [0.15, 0.2) is 48.5 Å². The highest BCUT2D eigenvalue weighted by molar-refractivity contribution is 7.95. The second-order valence-corrected chi connectivity index (χ2v) is 8.40. The molecule has 1 aliphatic heterocycles. The maximum Gasteiger partial charge on any atom is 0.331 e. The second-order valence-electron chi connectivity index (χ2n) is 6.29. The fourth-order valence-corrected chi connectivity index (χ4v) is 5.02. The van der Waals surface area contributed by atoms with Gasteiger partial charge in [-0.3, -0.25) is 4.31 Å². The minimum absolute atomic E-state index is 0.412. The van der Waals surface area contributed by atoms with Crippen LogP contribution in [-0.2, 0) is 10.2 Å². The minimum Gasteiger partial charge on any atom is -0.309 e. The van der Waals surface area contributed by atoms with Crippen LogP contribution < -0.4 is 8.61 Å². The van der Waals surface area contributed by atoms with E-state index in [1.54, 1.807) is 24.3 Å². The van der Waals surface area contributed by atoms with Crippen molar-refractivity contribution in [3.63, 3.8) is 0 Å². The van der Waals surface area contributed by atoms with E-state index in [0.717, 1.165) is 19.4 Å². The van der Waals surface area contributed by atoms with Crippen molar-refractivity contribution in [1.29, 1.82) is 0 Å². The molecule has 0 spiro atoms. The summed E-state index contributed by atoms with van der Waals surface area (Å²) in [5.74, 6) is 0. The Balaban J connectivity index is 1.95. The van der Waals surface area contributed by atoms with Crippen molar-refractivity contribution in [2.24, 2.45) is 0 Å². The van der Waals surface area contributed by atoms with E-state index in [1.165, 1.54) is 8.61 Å². The maximum absolute atomic E-state index is 13.2. The monoisotopic (exact) mass is 379 g/mol. The zero-order valence-electron chi connectivity index (χ0n) is 14.4. The molecule has 0 saturated heterocycles. The Morgan fingerprint density at radius 3 is 2.16 bits per heavy atom. The predicted molar refractivity (Wildman–Crippen MR) is 104 cm³/mol. The molecule has 0 radical (unpaired) electrons. The summed E-state index contributed by atoms with van der Waals surface area (Å²) in [6, 6.07) is 14.4. The summed E-state index contributed by atoms with van der Waals surface area (Å²) in [5, 5.41) is 0.412. The minimum atomic E-state index is -3.69. The molecular weight excluding hydrogens is 358 g/mol. The Morgan fingerprint density at radius 1 is 0.920 bits per heavy atom. The summed E-state index contributed by atoms with van der Waals surface area (Å²) in [4.78, 5) is 2.10. The molecule has 25 heavy (non-hydrogen) atoms. The number of para-hydroxylation sites is 3. The van der Waals surface area contributed by atoms with Crippen LogP contribution in [0.2, 0.25) is 5.02 Å². The summed E-state index contributed by atoms with van der Waals surface area (Å²) in [7, 11) is 0.335. The van der Waals surface area contributed by atoms with Crippen LogP contribution in [0.3, 0.4) is 0 Å². The van der Waals surface area contributed by atoms with Crippen molar-refractivity contribution in [3.8, 4) is 0 Å². The summed E-state index contributed by atoms with van der Waals surface area (Å²) >= 11 is 6.28. The molecule has 2 aromatic rings. The molecule has 0 saturated carbocycles. The number of nitrogens with zero attached hydrogens (tertiary/aromatic N) is 3. The second kappa shape index (κ2) is 7.23.